The number of rotatable bonds is 6. The van der Waals surface area contributed by atoms with E-state index in [-0.39, 0.29) is 24.4 Å². The van der Waals surface area contributed by atoms with E-state index in [1.165, 1.54) is 12.8 Å². The van der Waals surface area contributed by atoms with Crippen LogP contribution in [0, 0.1) is 19.8 Å². The number of benzene rings is 1. The maximum absolute atomic E-state index is 12.3. The zero-order chi connectivity index (χ0) is 16.4. The maximum atomic E-state index is 12.3. The highest BCUT2D eigenvalue weighted by molar-refractivity contribution is 5.94. The minimum absolute atomic E-state index is 0. The van der Waals surface area contributed by atoms with Gasteiger partial charge in [-0.25, -0.2) is 0 Å². The second-order valence-corrected chi connectivity index (χ2v) is 6.50. The lowest BCUT2D eigenvalue weighted by molar-refractivity contribution is 0.0950. The Morgan fingerprint density at radius 1 is 1.38 bits per heavy atom. The van der Waals surface area contributed by atoms with Crippen LogP contribution in [0.4, 0.5) is 0 Å². The van der Waals surface area contributed by atoms with Gasteiger partial charge in [0.15, 0.2) is 0 Å². The Kier molecular flexibility index (Phi) is 6.02. The lowest BCUT2D eigenvalue weighted by Crippen LogP contribution is -2.38. The molecule has 0 bridgehead atoms. The quantitative estimate of drug-likeness (QED) is 0.842. The van der Waals surface area contributed by atoms with Crippen molar-refractivity contribution in [1.29, 1.82) is 0 Å². The van der Waals surface area contributed by atoms with E-state index < -0.39 is 0 Å². The number of aryl methyl sites for hydroxylation is 2. The fraction of sp³-hybridized carbons (Fsp3) is 0.444. The third-order valence-corrected chi connectivity index (χ3v) is 4.35. The summed E-state index contributed by atoms with van der Waals surface area (Å²) in [7, 11) is 0. The molecule has 0 spiro atoms. The first-order valence-electron chi connectivity index (χ1n) is 8.16. The predicted molar refractivity (Wildman–Crippen MR) is 97.5 cm³/mol. The van der Waals surface area contributed by atoms with Crippen molar-refractivity contribution in [3.05, 3.63) is 52.8 Å². The SMILES string of the molecule is Cc1cc(C)n(Cc2cccc(C(=O)NCC(N)C3CC3)c2)n1.Cl. The van der Waals surface area contributed by atoms with Crippen LogP contribution in [0.2, 0.25) is 0 Å². The number of hydrogen-bond acceptors (Lipinski definition) is 3. The number of nitrogens with two attached hydrogens (primary N) is 1. The third-order valence-electron chi connectivity index (χ3n) is 4.35. The molecule has 1 saturated carbocycles. The summed E-state index contributed by atoms with van der Waals surface area (Å²) in [6.45, 7) is 5.24. The van der Waals surface area contributed by atoms with Gasteiger partial charge in [-0.3, -0.25) is 9.48 Å². The van der Waals surface area contributed by atoms with Gasteiger partial charge < -0.3 is 11.1 Å². The van der Waals surface area contributed by atoms with Crippen LogP contribution in [0.5, 0.6) is 0 Å². The Morgan fingerprint density at radius 2 is 2.12 bits per heavy atom. The van der Waals surface area contributed by atoms with Crippen LogP contribution < -0.4 is 11.1 Å². The first kappa shape index (κ1) is 18.5. The van der Waals surface area contributed by atoms with Crippen molar-refractivity contribution in [2.24, 2.45) is 11.7 Å². The predicted octanol–water partition coefficient (Wildman–Crippen LogP) is 2.44. The molecule has 1 fully saturated rings. The van der Waals surface area contributed by atoms with Gasteiger partial charge in [-0.05, 0) is 56.4 Å². The van der Waals surface area contributed by atoms with E-state index in [9.17, 15) is 4.79 Å². The standard InChI is InChI=1S/C18H24N4O.ClH/c1-12-8-13(2)22(21-12)11-14-4-3-5-16(9-14)18(23)20-10-17(19)15-6-7-15;/h3-5,8-9,15,17H,6-7,10-11,19H2,1-2H3,(H,20,23);1H. The molecule has 0 saturated heterocycles. The topological polar surface area (TPSA) is 72.9 Å². The van der Waals surface area contributed by atoms with E-state index in [0.717, 1.165) is 17.0 Å². The van der Waals surface area contributed by atoms with Gasteiger partial charge in [0.1, 0.15) is 0 Å². The molecule has 2 aromatic rings. The Labute approximate surface area is 149 Å². The molecule has 1 aromatic heterocycles. The summed E-state index contributed by atoms with van der Waals surface area (Å²) >= 11 is 0. The van der Waals surface area contributed by atoms with Gasteiger partial charge in [0.2, 0.25) is 0 Å². The Bertz CT molecular complexity index is 709. The van der Waals surface area contributed by atoms with Crippen molar-refractivity contribution in [2.75, 3.05) is 6.54 Å². The molecular formula is C18H25ClN4O. The summed E-state index contributed by atoms with van der Waals surface area (Å²) in [6.07, 6.45) is 2.38. The number of carbonyl (C=O) groups excluding carboxylic acids is 1. The van der Waals surface area contributed by atoms with Crippen LogP contribution in [0.15, 0.2) is 30.3 Å². The molecule has 1 aromatic carbocycles. The molecule has 1 unspecified atom stereocenters. The molecule has 1 aliphatic rings. The molecule has 1 heterocycles. The van der Waals surface area contributed by atoms with E-state index in [0.29, 0.717) is 24.6 Å². The van der Waals surface area contributed by atoms with Crippen molar-refractivity contribution in [1.82, 2.24) is 15.1 Å². The number of halogens is 1. The highest BCUT2D eigenvalue weighted by Crippen LogP contribution is 2.31. The fourth-order valence-electron chi connectivity index (χ4n) is 2.82. The molecule has 0 aliphatic heterocycles. The van der Waals surface area contributed by atoms with E-state index in [1.54, 1.807) is 0 Å². The Morgan fingerprint density at radius 3 is 2.75 bits per heavy atom. The third kappa shape index (κ3) is 4.58. The first-order valence-corrected chi connectivity index (χ1v) is 8.16. The highest BCUT2D eigenvalue weighted by Gasteiger charge is 2.28. The van der Waals surface area contributed by atoms with Gasteiger partial charge in [0.05, 0.1) is 12.2 Å². The molecule has 130 valence electrons. The van der Waals surface area contributed by atoms with Crippen molar-refractivity contribution >= 4 is 18.3 Å². The fourth-order valence-corrected chi connectivity index (χ4v) is 2.82. The molecule has 0 radical (unpaired) electrons. The summed E-state index contributed by atoms with van der Waals surface area (Å²) in [5.41, 5.74) is 9.89. The van der Waals surface area contributed by atoms with Gasteiger partial charge in [0, 0.05) is 23.8 Å². The molecule has 1 amide bonds. The van der Waals surface area contributed by atoms with Crippen LogP contribution in [-0.2, 0) is 6.54 Å². The molecule has 24 heavy (non-hydrogen) atoms. The Hall–Kier alpha value is -1.85. The van der Waals surface area contributed by atoms with Gasteiger partial charge >= 0.3 is 0 Å². The second kappa shape index (κ2) is 7.81. The largest absolute Gasteiger partial charge is 0.350 e. The van der Waals surface area contributed by atoms with E-state index >= 15 is 0 Å². The number of hydrogen-bond donors (Lipinski definition) is 2. The molecular weight excluding hydrogens is 324 g/mol. The summed E-state index contributed by atoms with van der Waals surface area (Å²) in [5.74, 6) is 0.531. The first-order chi connectivity index (χ1) is 11.0. The van der Waals surface area contributed by atoms with Crippen LogP contribution in [0.25, 0.3) is 0 Å². The molecule has 5 nitrogen and oxygen atoms in total. The van der Waals surface area contributed by atoms with Crippen molar-refractivity contribution < 1.29 is 4.79 Å². The zero-order valence-corrected chi connectivity index (χ0v) is 15.0. The molecule has 1 aliphatic carbocycles. The van der Waals surface area contributed by atoms with Gasteiger partial charge in [-0.15, -0.1) is 12.4 Å². The number of aromatic nitrogens is 2. The zero-order valence-electron chi connectivity index (χ0n) is 14.2. The molecule has 3 N–H and O–H groups in total. The Balaban J connectivity index is 0.00000208. The van der Waals surface area contributed by atoms with E-state index in [4.69, 9.17) is 5.73 Å². The van der Waals surface area contributed by atoms with E-state index in [2.05, 4.69) is 16.5 Å². The van der Waals surface area contributed by atoms with E-state index in [1.807, 2.05) is 42.8 Å². The minimum Gasteiger partial charge on any atom is -0.350 e. The second-order valence-electron chi connectivity index (χ2n) is 6.50. The number of nitrogens with one attached hydrogen (secondary N) is 1. The normalized spacial score (nSPS) is 14.8. The molecule has 1 atom stereocenters. The lowest BCUT2D eigenvalue weighted by Gasteiger charge is -2.12. The molecule has 6 heteroatoms. The van der Waals surface area contributed by atoms with Crippen molar-refractivity contribution in [3.63, 3.8) is 0 Å². The van der Waals surface area contributed by atoms with Crippen LogP contribution in [0.3, 0.4) is 0 Å². The van der Waals surface area contributed by atoms with Crippen LogP contribution in [0.1, 0.15) is 40.2 Å². The minimum atomic E-state index is -0.0590. The van der Waals surface area contributed by atoms with Gasteiger partial charge in [-0.2, -0.15) is 5.10 Å². The van der Waals surface area contributed by atoms with Crippen LogP contribution in [-0.4, -0.2) is 28.3 Å². The van der Waals surface area contributed by atoms with Gasteiger partial charge in [0.25, 0.3) is 5.91 Å². The van der Waals surface area contributed by atoms with Gasteiger partial charge in [-0.1, -0.05) is 12.1 Å². The lowest BCUT2D eigenvalue weighted by atomic mass is 10.1. The van der Waals surface area contributed by atoms with Crippen molar-refractivity contribution in [3.8, 4) is 0 Å². The highest BCUT2D eigenvalue weighted by atomic mass is 35.5. The number of nitrogens with zero attached hydrogens (tertiary/aromatic N) is 2. The maximum Gasteiger partial charge on any atom is 0.251 e. The summed E-state index contributed by atoms with van der Waals surface area (Å²) in [6, 6.07) is 9.82. The number of carbonyl (C=O) groups is 1. The average Bonchev–Trinajstić information content (AvgIpc) is 3.32. The smallest absolute Gasteiger partial charge is 0.251 e. The van der Waals surface area contributed by atoms with Crippen molar-refractivity contribution in [2.45, 2.75) is 39.3 Å². The summed E-state index contributed by atoms with van der Waals surface area (Å²) in [5, 5.41) is 7.41. The summed E-state index contributed by atoms with van der Waals surface area (Å²) in [4.78, 5) is 12.3. The van der Waals surface area contributed by atoms with Crippen LogP contribution >= 0.6 is 12.4 Å². The monoisotopic (exact) mass is 348 g/mol. The molecule has 3 rings (SSSR count). The average molecular weight is 349 g/mol. The number of amides is 1. The summed E-state index contributed by atoms with van der Waals surface area (Å²) < 4.78 is 1.95.